The van der Waals surface area contributed by atoms with Crippen LogP contribution < -0.4 is 5.73 Å². The molecule has 0 saturated heterocycles. The highest BCUT2D eigenvalue weighted by Gasteiger charge is 2.41. The summed E-state index contributed by atoms with van der Waals surface area (Å²) in [7, 11) is 0. The van der Waals surface area contributed by atoms with Crippen LogP contribution in [0.4, 0.5) is 0 Å². The van der Waals surface area contributed by atoms with Crippen LogP contribution in [0.25, 0.3) is 11.1 Å². The Morgan fingerprint density at radius 2 is 1.27 bits per heavy atom. The lowest BCUT2D eigenvalue weighted by Gasteiger charge is -2.33. The van der Waals surface area contributed by atoms with Crippen LogP contribution in [0.2, 0.25) is 0 Å². The van der Waals surface area contributed by atoms with Gasteiger partial charge in [0.25, 0.3) is 0 Å². The van der Waals surface area contributed by atoms with Crippen LogP contribution in [0.15, 0.2) is 42.5 Å². The fourth-order valence-corrected chi connectivity index (χ4v) is 5.55. The maximum absolute atomic E-state index is 5.68. The highest BCUT2D eigenvalue weighted by atomic mass is 14.5. The molecule has 1 atom stereocenters. The number of fused-ring (bicyclic) bond motifs is 3. The number of benzene rings is 2. The molecule has 1 unspecified atom stereocenters. The van der Waals surface area contributed by atoms with Crippen LogP contribution in [0.3, 0.4) is 0 Å². The third kappa shape index (κ3) is 5.35. The van der Waals surface area contributed by atoms with E-state index in [4.69, 9.17) is 5.73 Å². The molecule has 1 heteroatoms. The van der Waals surface area contributed by atoms with Crippen LogP contribution in [-0.2, 0) is 5.41 Å². The maximum atomic E-state index is 5.68. The fourth-order valence-electron chi connectivity index (χ4n) is 5.55. The average molecular weight is 406 g/mol. The zero-order chi connectivity index (χ0) is 21.2. The molecule has 164 valence electrons. The van der Waals surface area contributed by atoms with Crippen molar-refractivity contribution >= 4 is 0 Å². The number of rotatable bonds is 14. The second kappa shape index (κ2) is 11.7. The van der Waals surface area contributed by atoms with E-state index in [2.05, 4.69) is 56.3 Å². The first kappa shape index (κ1) is 23.1. The molecule has 0 radical (unpaired) electrons. The van der Waals surface area contributed by atoms with Crippen molar-refractivity contribution in [1.29, 1.82) is 0 Å². The van der Waals surface area contributed by atoms with Crippen molar-refractivity contribution in [3.05, 3.63) is 59.2 Å². The standard InChI is InChI=1S/C29H43N/c1-3-4-5-6-8-13-20-29(21-14-9-7-10-15-22-30)27-17-12-11-16-25(27)26-23-24(2)18-19-28(26)29/h11-12,16-19,23H,3-10,13-15,20-22,30H2,1-2H3. The molecule has 2 N–H and O–H groups in total. The van der Waals surface area contributed by atoms with E-state index in [1.165, 1.54) is 100 Å². The van der Waals surface area contributed by atoms with Gasteiger partial charge in [-0.15, -0.1) is 0 Å². The van der Waals surface area contributed by atoms with E-state index in [-0.39, 0.29) is 5.41 Å². The summed E-state index contributed by atoms with van der Waals surface area (Å²) < 4.78 is 0. The van der Waals surface area contributed by atoms with E-state index in [1.807, 2.05) is 0 Å². The van der Waals surface area contributed by atoms with Gasteiger partial charge < -0.3 is 5.73 Å². The minimum absolute atomic E-state index is 0.220. The summed E-state index contributed by atoms with van der Waals surface area (Å²) in [6.07, 6.45) is 17.3. The molecule has 0 fully saturated rings. The Kier molecular flexibility index (Phi) is 9.00. The second-order valence-corrected chi connectivity index (χ2v) is 9.50. The van der Waals surface area contributed by atoms with Gasteiger partial charge in [0.05, 0.1) is 0 Å². The molecule has 1 aliphatic carbocycles. The molecule has 0 amide bonds. The number of nitrogens with two attached hydrogens (primary N) is 1. The molecule has 2 aromatic carbocycles. The third-order valence-electron chi connectivity index (χ3n) is 7.19. The van der Waals surface area contributed by atoms with Crippen LogP contribution in [-0.4, -0.2) is 6.54 Å². The zero-order valence-corrected chi connectivity index (χ0v) is 19.5. The van der Waals surface area contributed by atoms with E-state index >= 15 is 0 Å². The quantitative estimate of drug-likeness (QED) is 0.314. The van der Waals surface area contributed by atoms with Gasteiger partial charge in [0.1, 0.15) is 0 Å². The Balaban J connectivity index is 1.80. The van der Waals surface area contributed by atoms with Crippen LogP contribution in [0.5, 0.6) is 0 Å². The van der Waals surface area contributed by atoms with Gasteiger partial charge in [-0.1, -0.05) is 119 Å². The van der Waals surface area contributed by atoms with Gasteiger partial charge in [0.15, 0.2) is 0 Å². The predicted molar refractivity (Wildman–Crippen MR) is 132 cm³/mol. The molecule has 0 bridgehead atoms. The SMILES string of the molecule is CCCCCCCCC1(CCCCCCCN)c2ccccc2-c2cc(C)ccc21. The minimum atomic E-state index is 0.220. The Morgan fingerprint density at radius 1 is 0.667 bits per heavy atom. The molecule has 1 nitrogen and oxygen atoms in total. The summed E-state index contributed by atoms with van der Waals surface area (Å²) in [5.41, 5.74) is 13.5. The lowest BCUT2D eigenvalue weighted by Crippen LogP contribution is -2.25. The summed E-state index contributed by atoms with van der Waals surface area (Å²) in [5.74, 6) is 0. The number of unbranched alkanes of at least 4 members (excludes halogenated alkanes) is 9. The van der Waals surface area contributed by atoms with Gasteiger partial charge in [-0.05, 0) is 55.0 Å². The first-order valence-electron chi connectivity index (χ1n) is 12.6. The van der Waals surface area contributed by atoms with Crippen molar-refractivity contribution in [3.8, 4) is 11.1 Å². The number of aryl methyl sites for hydroxylation is 1. The summed E-state index contributed by atoms with van der Waals surface area (Å²) in [4.78, 5) is 0. The van der Waals surface area contributed by atoms with Gasteiger partial charge in [-0.2, -0.15) is 0 Å². The molecular formula is C29H43N. The molecule has 0 aromatic heterocycles. The van der Waals surface area contributed by atoms with E-state index in [0.29, 0.717) is 0 Å². The monoisotopic (exact) mass is 405 g/mol. The van der Waals surface area contributed by atoms with Crippen molar-refractivity contribution in [1.82, 2.24) is 0 Å². The van der Waals surface area contributed by atoms with Crippen molar-refractivity contribution in [2.75, 3.05) is 6.54 Å². The topological polar surface area (TPSA) is 26.0 Å². The maximum Gasteiger partial charge on any atom is 0.0215 e. The van der Waals surface area contributed by atoms with Crippen molar-refractivity contribution in [3.63, 3.8) is 0 Å². The van der Waals surface area contributed by atoms with Crippen LogP contribution >= 0.6 is 0 Å². The van der Waals surface area contributed by atoms with Gasteiger partial charge in [0, 0.05) is 5.41 Å². The summed E-state index contributed by atoms with van der Waals surface area (Å²) in [6.45, 7) is 5.37. The molecule has 0 aliphatic heterocycles. The van der Waals surface area contributed by atoms with E-state index in [9.17, 15) is 0 Å². The normalized spacial score (nSPS) is 17.2. The van der Waals surface area contributed by atoms with Gasteiger partial charge in [-0.25, -0.2) is 0 Å². The predicted octanol–water partition coefficient (Wildman–Crippen LogP) is 8.31. The van der Waals surface area contributed by atoms with E-state index in [1.54, 1.807) is 11.1 Å². The fraction of sp³-hybridized carbons (Fsp3) is 0.586. The molecule has 30 heavy (non-hydrogen) atoms. The van der Waals surface area contributed by atoms with E-state index < -0.39 is 0 Å². The summed E-state index contributed by atoms with van der Waals surface area (Å²) in [5, 5.41) is 0. The molecule has 0 saturated carbocycles. The molecular weight excluding hydrogens is 362 g/mol. The lowest BCUT2D eigenvalue weighted by atomic mass is 9.70. The highest BCUT2D eigenvalue weighted by molar-refractivity contribution is 5.81. The Bertz CT molecular complexity index is 760. The number of hydrogen-bond acceptors (Lipinski definition) is 1. The molecule has 3 rings (SSSR count). The first-order valence-corrected chi connectivity index (χ1v) is 12.6. The Hall–Kier alpha value is -1.60. The summed E-state index contributed by atoms with van der Waals surface area (Å²) >= 11 is 0. The molecule has 0 heterocycles. The lowest BCUT2D eigenvalue weighted by molar-refractivity contribution is 0.398. The third-order valence-corrected chi connectivity index (χ3v) is 7.19. The first-order chi connectivity index (χ1) is 14.7. The summed E-state index contributed by atoms with van der Waals surface area (Å²) in [6, 6.07) is 16.5. The van der Waals surface area contributed by atoms with E-state index in [0.717, 1.165) is 6.54 Å². The molecule has 2 aromatic rings. The van der Waals surface area contributed by atoms with Crippen molar-refractivity contribution in [2.45, 2.75) is 103 Å². The minimum Gasteiger partial charge on any atom is -0.330 e. The Labute approximate surface area is 185 Å². The second-order valence-electron chi connectivity index (χ2n) is 9.50. The van der Waals surface area contributed by atoms with Gasteiger partial charge in [-0.3, -0.25) is 0 Å². The van der Waals surface area contributed by atoms with Crippen molar-refractivity contribution in [2.24, 2.45) is 5.73 Å². The van der Waals surface area contributed by atoms with Crippen LogP contribution in [0.1, 0.15) is 107 Å². The smallest absolute Gasteiger partial charge is 0.0215 e. The highest BCUT2D eigenvalue weighted by Crippen LogP contribution is 2.54. The number of hydrogen-bond donors (Lipinski definition) is 1. The Morgan fingerprint density at radius 3 is 1.97 bits per heavy atom. The molecule has 0 spiro atoms. The van der Waals surface area contributed by atoms with Crippen molar-refractivity contribution < 1.29 is 0 Å². The largest absolute Gasteiger partial charge is 0.330 e. The average Bonchev–Trinajstić information content (AvgIpc) is 3.03. The van der Waals surface area contributed by atoms with Gasteiger partial charge >= 0.3 is 0 Å². The molecule has 1 aliphatic rings. The van der Waals surface area contributed by atoms with Crippen LogP contribution in [0, 0.1) is 6.92 Å². The van der Waals surface area contributed by atoms with Gasteiger partial charge in [0.2, 0.25) is 0 Å². The zero-order valence-electron chi connectivity index (χ0n) is 19.5.